The fourth-order valence-corrected chi connectivity index (χ4v) is 3.99. The van der Waals surface area contributed by atoms with Gasteiger partial charge in [0.2, 0.25) is 10.3 Å². The molecule has 0 aliphatic carbocycles. The highest BCUT2D eigenvalue weighted by Crippen LogP contribution is 2.27. The average molecular weight is 383 g/mol. The monoisotopic (exact) mass is 383 g/mol. The molecule has 0 atom stereocenters. The normalized spacial score (nSPS) is 13.7. The second-order valence-corrected chi connectivity index (χ2v) is 7.29. The molecule has 1 fully saturated rings. The Kier molecular flexibility index (Phi) is 5.06. The number of hydrogen-bond acceptors (Lipinski definition) is 6. The van der Waals surface area contributed by atoms with Gasteiger partial charge in [0.25, 0.3) is 5.91 Å². The summed E-state index contributed by atoms with van der Waals surface area (Å²) >= 11 is 1.51. The highest BCUT2D eigenvalue weighted by Gasteiger charge is 2.19. The molecule has 3 heterocycles. The summed E-state index contributed by atoms with van der Waals surface area (Å²) in [6.45, 7) is 2.49. The summed E-state index contributed by atoms with van der Waals surface area (Å²) in [5.41, 5.74) is 1.56. The molecular weight excluding hydrogens is 362 g/mol. The Hall–Kier alpha value is -2.87. The molecule has 1 aromatic carbocycles. The van der Waals surface area contributed by atoms with E-state index in [2.05, 4.69) is 20.4 Å². The Morgan fingerprint density at radius 3 is 2.63 bits per heavy atom. The molecule has 3 aromatic rings. The number of nitrogens with one attached hydrogen (secondary N) is 1. The van der Waals surface area contributed by atoms with Crippen LogP contribution in [0, 0.1) is 0 Å². The van der Waals surface area contributed by atoms with Crippen LogP contribution in [0.1, 0.15) is 28.9 Å². The molecule has 1 saturated heterocycles. The maximum atomic E-state index is 12.6. The molecule has 0 radical (unpaired) electrons. The van der Waals surface area contributed by atoms with Crippen molar-refractivity contribution >= 4 is 22.4 Å². The Morgan fingerprint density at radius 2 is 1.89 bits per heavy atom. The van der Waals surface area contributed by atoms with Crippen molar-refractivity contribution in [1.29, 1.82) is 0 Å². The van der Waals surface area contributed by atoms with Crippen LogP contribution >= 0.6 is 11.3 Å². The van der Waals surface area contributed by atoms with Gasteiger partial charge >= 0.3 is 0 Å². The van der Waals surface area contributed by atoms with Crippen molar-refractivity contribution in [2.45, 2.75) is 19.4 Å². The molecule has 27 heavy (non-hydrogen) atoms. The van der Waals surface area contributed by atoms with Gasteiger partial charge in [0.1, 0.15) is 11.4 Å². The third-order valence-corrected chi connectivity index (χ3v) is 5.56. The van der Waals surface area contributed by atoms with Crippen LogP contribution in [-0.2, 0) is 6.54 Å². The van der Waals surface area contributed by atoms with E-state index in [1.54, 1.807) is 17.7 Å². The Bertz CT molecular complexity index is 912. The first-order valence-electron chi connectivity index (χ1n) is 8.92. The summed E-state index contributed by atoms with van der Waals surface area (Å²) in [4.78, 5) is 14.9. The van der Waals surface area contributed by atoms with Gasteiger partial charge in [-0.1, -0.05) is 23.5 Å². The summed E-state index contributed by atoms with van der Waals surface area (Å²) < 4.78 is 6.94. The molecule has 1 amide bonds. The number of nitrogens with zero attached hydrogens (tertiary/aromatic N) is 4. The lowest BCUT2D eigenvalue weighted by molar-refractivity contribution is 0.0944. The summed E-state index contributed by atoms with van der Waals surface area (Å²) in [7, 11) is 1.63. The van der Waals surface area contributed by atoms with Crippen molar-refractivity contribution in [1.82, 2.24) is 20.1 Å². The number of benzene rings is 1. The number of ether oxygens (including phenoxy) is 1. The summed E-state index contributed by atoms with van der Waals surface area (Å²) in [6.07, 6.45) is 4.23. The first kappa shape index (κ1) is 17.5. The first-order valence-corrected chi connectivity index (χ1v) is 9.73. The number of carbonyl (C=O) groups excluding carboxylic acids is 1. The fourth-order valence-electron chi connectivity index (χ4n) is 3.09. The van der Waals surface area contributed by atoms with E-state index in [-0.39, 0.29) is 5.91 Å². The Labute approximate surface area is 161 Å². The second-order valence-electron chi connectivity index (χ2n) is 6.36. The third kappa shape index (κ3) is 3.80. The van der Waals surface area contributed by atoms with Gasteiger partial charge in [0, 0.05) is 25.8 Å². The zero-order chi connectivity index (χ0) is 18.6. The van der Waals surface area contributed by atoms with E-state index in [0.717, 1.165) is 29.5 Å². The van der Waals surface area contributed by atoms with Crippen LogP contribution in [0.3, 0.4) is 0 Å². The zero-order valence-corrected chi connectivity index (χ0v) is 15.9. The predicted octanol–water partition coefficient (Wildman–Crippen LogP) is 2.87. The summed E-state index contributed by atoms with van der Waals surface area (Å²) in [6, 6.07) is 11.3. The van der Waals surface area contributed by atoms with Gasteiger partial charge < -0.3 is 15.0 Å². The van der Waals surface area contributed by atoms with Gasteiger partial charge in [0.15, 0.2) is 0 Å². The molecule has 0 unspecified atom stereocenters. The van der Waals surface area contributed by atoms with E-state index in [4.69, 9.17) is 4.74 Å². The minimum Gasteiger partial charge on any atom is -0.497 e. The Morgan fingerprint density at radius 1 is 1.15 bits per heavy atom. The van der Waals surface area contributed by atoms with Crippen molar-refractivity contribution in [2.24, 2.45) is 0 Å². The molecule has 0 spiro atoms. The first-order chi connectivity index (χ1) is 13.2. The number of aromatic nitrogens is 3. The maximum Gasteiger partial charge on any atom is 0.268 e. The number of methoxy groups -OCH3 is 1. The van der Waals surface area contributed by atoms with Gasteiger partial charge in [-0.3, -0.25) is 9.36 Å². The molecule has 1 N–H and O–H groups in total. The molecule has 140 valence electrons. The van der Waals surface area contributed by atoms with Crippen molar-refractivity contribution in [3.05, 3.63) is 53.9 Å². The van der Waals surface area contributed by atoms with Crippen molar-refractivity contribution in [3.8, 4) is 10.9 Å². The summed E-state index contributed by atoms with van der Waals surface area (Å²) in [5, 5.41) is 13.2. The lowest BCUT2D eigenvalue weighted by Gasteiger charge is -2.11. The minimum absolute atomic E-state index is 0.145. The number of hydrogen-bond donors (Lipinski definition) is 1. The van der Waals surface area contributed by atoms with E-state index in [0.29, 0.717) is 17.4 Å². The van der Waals surface area contributed by atoms with Crippen molar-refractivity contribution in [2.75, 3.05) is 25.1 Å². The van der Waals surface area contributed by atoms with Gasteiger partial charge in [-0.15, -0.1) is 10.2 Å². The van der Waals surface area contributed by atoms with E-state index >= 15 is 0 Å². The Balaban J connectivity index is 1.45. The van der Waals surface area contributed by atoms with Crippen LogP contribution in [0.4, 0.5) is 5.13 Å². The molecule has 8 heteroatoms. The zero-order valence-electron chi connectivity index (χ0n) is 15.1. The number of carbonyl (C=O) groups is 1. The molecule has 7 nitrogen and oxygen atoms in total. The van der Waals surface area contributed by atoms with E-state index in [9.17, 15) is 4.79 Å². The lowest BCUT2D eigenvalue weighted by atomic mass is 10.2. The highest BCUT2D eigenvalue weighted by molar-refractivity contribution is 7.17. The van der Waals surface area contributed by atoms with Crippen LogP contribution in [-0.4, -0.2) is 40.9 Å². The van der Waals surface area contributed by atoms with Gasteiger partial charge in [0.05, 0.1) is 7.11 Å². The lowest BCUT2D eigenvalue weighted by Crippen LogP contribution is -2.25. The number of amides is 1. The molecule has 4 rings (SSSR count). The van der Waals surface area contributed by atoms with Crippen LogP contribution < -0.4 is 15.0 Å². The van der Waals surface area contributed by atoms with Crippen LogP contribution in [0.5, 0.6) is 5.75 Å². The van der Waals surface area contributed by atoms with E-state index in [1.807, 2.05) is 36.5 Å². The fraction of sp³-hybridized carbons (Fsp3) is 0.316. The van der Waals surface area contributed by atoms with Crippen molar-refractivity contribution in [3.63, 3.8) is 0 Å². The molecule has 0 saturated carbocycles. The standard InChI is InChI=1S/C19H21N5O2S/c1-26-15-8-6-14(7-9-15)13-20-17(25)16-5-4-12-24(16)19-22-21-18(27-19)23-10-2-3-11-23/h4-9,12H,2-3,10-11,13H2,1H3,(H,20,25). The van der Waals surface area contributed by atoms with E-state index < -0.39 is 0 Å². The largest absolute Gasteiger partial charge is 0.497 e. The minimum atomic E-state index is -0.145. The summed E-state index contributed by atoms with van der Waals surface area (Å²) in [5.74, 6) is 0.651. The second kappa shape index (κ2) is 7.79. The highest BCUT2D eigenvalue weighted by atomic mass is 32.1. The quantitative estimate of drug-likeness (QED) is 0.709. The third-order valence-electron chi connectivity index (χ3n) is 4.58. The van der Waals surface area contributed by atoms with Crippen LogP contribution in [0.25, 0.3) is 5.13 Å². The van der Waals surface area contributed by atoms with Crippen LogP contribution in [0.2, 0.25) is 0 Å². The van der Waals surface area contributed by atoms with E-state index in [1.165, 1.54) is 24.2 Å². The molecule has 1 aliphatic rings. The van der Waals surface area contributed by atoms with Crippen molar-refractivity contribution < 1.29 is 9.53 Å². The van der Waals surface area contributed by atoms with Gasteiger partial charge in [-0.05, 0) is 42.7 Å². The SMILES string of the molecule is COc1ccc(CNC(=O)c2cccn2-c2nnc(N3CCCC3)s2)cc1. The number of anilines is 1. The maximum absolute atomic E-state index is 12.6. The predicted molar refractivity (Wildman–Crippen MR) is 105 cm³/mol. The number of rotatable bonds is 6. The van der Waals surface area contributed by atoms with Crippen LogP contribution in [0.15, 0.2) is 42.6 Å². The topological polar surface area (TPSA) is 72.3 Å². The average Bonchev–Trinajstić information content (AvgIpc) is 3.46. The molecule has 1 aliphatic heterocycles. The van der Waals surface area contributed by atoms with Gasteiger partial charge in [-0.2, -0.15) is 0 Å². The molecular formula is C19H21N5O2S. The molecule has 2 aromatic heterocycles. The molecule has 0 bridgehead atoms. The van der Waals surface area contributed by atoms with Gasteiger partial charge in [-0.25, -0.2) is 0 Å². The smallest absolute Gasteiger partial charge is 0.268 e.